The lowest BCUT2D eigenvalue weighted by atomic mass is 9.67. The molecule has 2 N–H and O–H groups in total. The molecule has 1 fully saturated rings. The summed E-state index contributed by atoms with van der Waals surface area (Å²) in [6, 6.07) is 6.11. The van der Waals surface area contributed by atoms with Gasteiger partial charge in [-0.15, -0.1) is 0 Å². The second kappa shape index (κ2) is 6.73. The van der Waals surface area contributed by atoms with Crippen LogP contribution in [0.3, 0.4) is 0 Å². The van der Waals surface area contributed by atoms with E-state index in [9.17, 15) is 15.0 Å². The minimum Gasteiger partial charge on any atom is -0.508 e. The number of ether oxygens (including phenoxy) is 1. The number of allylic oxidation sites excluding steroid dienone is 1. The molecular weight excluding hydrogens is 328 g/mol. The van der Waals surface area contributed by atoms with Crippen molar-refractivity contribution in [1.29, 1.82) is 0 Å². The zero-order valence-electron chi connectivity index (χ0n) is 16.2. The minimum atomic E-state index is -0.826. The summed E-state index contributed by atoms with van der Waals surface area (Å²) in [7, 11) is 0. The molecule has 4 nitrogen and oxygen atoms in total. The van der Waals surface area contributed by atoms with E-state index in [4.69, 9.17) is 4.74 Å². The van der Waals surface area contributed by atoms with Crippen molar-refractivity contribution in [2.24, 2.45) is 17.3 Å². The van der Waals surface area contributed by atoms with Crippen molar-refractivity contribution in [3.8, 4) is 5.75 Å². The van der Waals surface area contributed by atoms with Crippen LogP contribution in [0, 0.1) is 17.3 Å². The maximum atomic E-state index is 12.7. The molecule has 0 radical (unpaired) electrons. The van der Waals surface area contributed by atoms with Crippen molar-refractivity contribution in [1.82, 2.24) is 0 Å². The first-order valence-electron chi connectivity index (χ1n) is 9.54. The van der Waals surface area contributed by atoms with Crippen molar-refractivity contribution < 1.29 is 19.7 Å². The van der Waals surface area contributed by atoms with Gasteiger partial charge in [0.05, 0.1) is 11.2 Å². The monoisotopic (exact) mass is 358 g/mol. The van der Waals surface area contributed by atoms with Gasteiger partial charge in [0.15, 0.2) is 0 Å². The van der Waals surface area contributed by atoms with E-state index in [2.05, 4.69) is 33.8 Å². The number of fused-ring (bicyclic) bond motifs is 1. The first-order chi connectivity index (χ1) is 12.2. The standard InChI is InChI=1S/C22H30O4/c1-14(2)22(25)12-11-21(4)10-9-15(3)13-18(19(21)22)26-20(24)16-5-7-17(23)8-6-16/h5-9,14,18-19,23,25H,10-13H2,1-4H3/t18-,19-,21-,22+/m0/s1. The summed E-state index contributed by atoms with van der Waals surface area (Å²) in [5, 5.41) is 20.9. The SMILES string of the molecule is CC1=CC[C@@]2(C)CC[C@@](O)(C(C)C)[C@H]2[C@@H](OC(=O)c2ccc(O)cc2)C1. The third kappa shape index (κ3) is 3.27. The number of carbonyl (C=O) groups excluding carboxylic acids is 1. The van der Waals surface area contributed by atoms with Crippen molar-refractivity contribution in [3.63, 3.8) is 0 Å². The van der Waals surface area contributed by atoms with Gasteiger partial charge in [0.1, 0.15) is 11.9 Å². The lowest BCUT2D eigenvalue weighted by Crippen LogP contribution is -2.50. The number of benzene rings is 1. The minimum absolute atomic E-state index is 0.0727. The molecule has 0 aliphatic heterocycles. The number of hydrogen-bond donors (Lipinski definition) is 2. The van der Waals surface area contributed by atoms with Gasteiger partial charge >= 0.3 is 5.97 Å². The molecule has 4 heteroatoms. The van der Waals surface area contributed by atoms with E-state index < -0.39 is 11.6 Å². The highest BCUT2D eigenvalue weighted by Crippen LogP contribution is 2.58. The fourth-order valence-electron chi connectivity index (χ4n) is 4.89. The Morgan fingerprint density at radius 2 is 1.88 bits per heavy atom. The molecule has 3 rings (SSSR count). The Bertz CT molecular complexity index is 705. The maximum Gasteiger partial charge on any atom is 0.338 e. The molecule has 26 heavy (non-hydrogen) atoms. The average molecular weight is 358 g/mol. The van der Waals surface area contributed by atoms with Gasteiger partial charge < -0.3 is 14.9 Å². The van der Waals surface area contributed by atoms with E-state index in [1.54, 1.807) is 12.1 Å². The molecule has 0 saturated heterocycles. The Morgan fingerprint density at radius 3 is 2.50 bits per heavy atom. The summed E-state index contributed by atoms with van der Waals surface area (Å²) in [4.78, 5) is 12.7. The summed E-state index contributed by atoms with van der Waals surface area (Å²) in [5.74, 6) is -0.273. The Balaban J connectivity index is 1.92. The largest absolute Gasteiger partial charge is 0.508 e. The smallest absolute Gasteiger partial charge is 0.338 e. The zero-order chi connectivity index (χ0) is 19.1. The summed E-state index contributed by atoms with van der Waals surface area (Å²) in [5.41, 5.74) is 0.723. The van der Waals surface area contributed by atoms with Crippen molar-refractivity contribution in [2.45, 2.75) is 65.1 Å². The van der Waals surface area contributed by atoms with E-state index in [0.29, 0.717) is 12.0 Å². The predicted molar refractivity (Wildman–Crippen MR) is 101 cm³/mol. The van der Waals surface area contributed by atoms with Gasteiger partial charge in [-0.1, -0.05) is 32.4 Å². The van der Waals surface area contributed by atoms with Crippen molar-refractivity contribution in [2.75, 3.05) is 0 Å². The van der Waals surface area contributed by atoms with Crippen LogP contribution in [0.2, 0.25) is 0 Å². The molecule has 0 heterocycles. The molecule has 0 spiro atoms. The predicted octanol–water partition coefficient (Wildman–Crippen LogP) is 4.46. The van der Waals surface area contributed by atoms with Crippen LogP contribution < -0.4 is 0 Å². The van der Waals surface area contributed by atoms with Crippen LogP contribution in [0.5, 0.6) is 5.75 Å². The van der Waals surface area contributed by atoms with Crippen LogP contribution in [-0.4, -0.2) is 27.9 Å². The van der Waals surface area contributed by atoms with Crippen LogP contribution in [0.15, 0.2) is 35.9 Å². The summed E-state index contributed by atoms with van der Waals surface area (Å²) in [6.07, 6.45) is 5.13. The summed E-state index contributed by atoms with van der Waals surface area (Å²) in [6.45, 7) is 8.39. The molecule has 0 amide bonds. The normalized spacial score (nSPS) is 34.2. The molecule has 2 aliphatic rings. The zero-order valence-corrected chi connectivity index (χ0v) is 16.2. The molecule has 0 aromatic heterocycles. The second-order valence-corrected chi connectivity index (χ2v) is 8.73. The van der Waals surface area contributed by atoms with Crippen LogP contribution >= 0.6 is 0 Å². The number of phenolic OH excluding ortho intramolecular Hbond substituents is 1. The fourth-order valence-corrected chi connectivity index (χ4v) is 4.89. The molecule has 4 atom stereocenters. The van der Waals surface area contributed by atoms with Crippen LogP contribution in [0.1, 0.15) is 63.7 Å². The Labute approximate surface area is 155 Å². The third-order valence-corrected chi connectivity index (χ3v) is 6.56. The first-order valence-corrected chi connectivity index (χ1v) is 9.54. The Hall–Kier alpha value is -1.81. The van der Waals surface area contributed by atoms with Crippen molar-refractivity contribution in [3.05, 3.63) is 41.5 Å². The highest BCUT2D eigenvalue weighted by atomic mass is 16.5. The Morgan fingerprint density at radius 1 is 1.23 bits per heavy atom. The third-order valence-electron chi connectivity index (χ3n) is 6.56. The Kier molecular flexibility index (Phi) is 4.91. The van der Waals surface area contributed by atoms with Gasteiger partial charge in [-0.2, -0.15) is 0 Å². The van der Waals surface area contributed by atoms with Gasteiger partial charge in [0.25, 0.3) is 0 Å². The van der Waals surface area contributed by atoms with Crippen LogP contribution in [0.25, 0.3) is 0 Å². The molecule has 1 aromatic rings. The maximum absolute atomic E-state index is 12.7. The van der Waals surface area contributed by atoms with Crippen LogP contribution in [-0.2, 0) is 4.74 Å². The fraction of sp³-hybridized carbons (Fsp3) is 0.591. The quantitative estimate of drug-likeness (QED) is 0.618. The summed E-state index contributed by atoms with van der Waals surface area (Å²) < 4.78 is 5.97. The number of phenols is 1. The highest BCUT2D eigenvalue weighted by Gasteiger charge is 2.59. The lowest BCUT2D eigenvalue weighted by molar-refractivity contribution is -0.112. The number of hydrogen-bond acceptors (Lipinski definition) is 4. The number of aromatic hydroxyl groups is 1. The number of rotatable bonds is 3. The van der Waals surface area contributed by atoms with Gasteiger partial charge in [-0.25, -0.2) is 4.79 Å². The van der Waals surface area contributed by atoms with Gasteiger partial charge in [0, 0.05) is 12.3 Å². The molecular formula is C22H30O4. The van der Waals surface area contributed by atoms with E-state index in [1.807, 2.05) is 0 Å². The van der Waals surface area contributed by atoms with Crippen LogP contribution in [0.4, 0.5) is 0 Å². The van der Waals surface area contributed by atoms with Gasteiger partial charge in [-0.3, -0.25) is 0 Å². The van der Waals surface area contributed by atoms with E-state index in [1.165, 1.54) is 17.7 Å². The van der Waals surface area contributed by atoms with E-state index >= 15 is 0 Å². The second-order valence-electron chi connectivity index (χ2n) is 8.73. The molecule has 0 unspecified atom stereocenters. The van der Waals surface area contributed by atoms with Gasteiger partial charge in [0.2, 0.25) is 0 Å². The van der Waals surface area contributed by atoms with Gasteiger partial charge in [-0.05, 0) is 61.8 Å². The molecule has 2 aliphatic carbocycles. The lowest BCUT2D eigenvalue weighted by Gasteiger charge is -2.43. The number of aliphatic hydroxyl groups is 1. The molecule has 1 aromatic carbocycles. The molecule has 1 saturated carbocycles. The summed E-state index contributed by atoms with van der Waals surface area (Å²) >= 11 is 0. The van der Waals surface area contributed by atoms with Crippen molar-refractivity contribution >= 4 is 5.97 Å². The number of carbonyl (C=O) groups is 1. The van der Waals surface area contributed by atoms with E-state index in [-0.39, 0.29) is 29.1 Å². The molecule has 0 bridgehead atoms. The number of esters is 1. The van der Waals surface area contributed by atoms with E-state index in [0.717, 1.165) is 19.3 Å². The highest BCUT2D eigenvalue weighted by molar-refractivity contribution is 5.89. The topological polar surface area (TPSA) is 66.8 Å². The molecule has 142 valence electrons. The average Bonchev–Trinajstić information content (AvgIpc) is 2.78. The first kappa shape index (κ1) is 19.0.